The quantitative estimate of drug-likeness (QED) is 0.839. The number of ether oxygens (including phenoxy) is 1. The van der Waals surface area contributed by atoms with Crippen molar-refractivity contribution in [2.75, 3.05) is 5.73 Å². The maximum absolute atomic E-state index is 12.9. The molecule has 90 valence electrons. The van der Waals surface area contributed by atoms with Crippen LogP contribution in [0.1, 0.15) is 11.1 Å². The van der Waals surface area contributed by atoms with Gasteiger partial charge in [0.2, 0.25) is 0 Å². The van der Waals surface area contributed by atoms with Crippen LogP contribution >= 0.6 is 0 Å². The van der Waals surface area contributed by atoms with Gasteiger partial charge in [0.1, 0.15) is 24.2 Å². The number of nitrogens with two attached hydrogens (primary N) is 1. The molecule has 2 N–H and O–H groups in total. The van der Waals surface area contributed by atoms with Crippen molar-refractivity contribution in [2.24, 2.45) is 0 Å². The summed E-state index contributed by atoms with van der Waals surface area (Å²) in [5.41, 5.74) is 7.00. The van der Waals surface area contributed by atoms with E-state index in [1.165, 1.54) is 18.3 Å². The Morgan fingerprint density at radius 1 is 1.33 bits per heavy atom. The van der Waals surface area contributed by atoms with E-state index in [4.69, 9.17) is 15.7 Å². The molecular weight excluding hydrogens is 233 g/mol. The number of rotatable bonds is 3. The van der Waals surface area contributed by atoms with Crippen molar-refractivity contribution in [1.82, 2.24) is 4.98 Å². The lowest BCUT2D eigenvalue weighted by atomic mass is 10.2. The van der Waals surface area contributed by atoms with Crippen molar-refractivity contribution in [3.8, 4) is 11.8 Å². The van der Waals surface area contributed by atoms with Crippen LogP contribution in [0.2, 0.25) is 0 Å². The topological polar surface area (TPSA) is 71.9 Å². The number of nitrogens with zero attached hydrogens (tertiary/aromatic N) is 2. The van der Waals surface area contributed by atoms with Gasteiger partial charge in [0.15, 0.2) is 0 Å². The van der Waals surface area contributed by atoms with Crippen molar-refractivity contribution in [3.05, 3.63) is 53.6 Å². The van der Waals surface area contributed by atoms with Gasteiger partial charge >= 0.3 is 0 Å². The predicted octanol–water partition coefficient (Wildman–Crippen LogP) is 2.25. The molecule has 1 aromatic heterocycles. The van der Waals surface area contributed by atoms with Gasteiger partial charge in [0, 0.05) is 17.4 Å². The van der Waals surface area contributed by atoms with Gasteiger partial charge in [0.25, 0.3) is 0 Å². The molecular formula is C13H10FN3O. The number of hydrogen-bond donors (Lipinski definition) is 1. The minimum Gasteiger partial charge on any atom is -0.487 e. The van der Waals surface area contributed by atoms with E-state index >= 15 is 0 Å². The third kappa shape index (κ3) is 2.74. The SMILES string of the molecule is N#Cc1cc(N)ccc1OCc1cncc(F)c1. The Hall–Kier alpha value is -2.61. The normalized spacial score (nSPS) is 9.78. The van der Waals surface area contributed by atoms with Crippen LogP contribution in [0.4, 0.5) is 10.1 Å². The van der Waals surface area contributed by atoms with Gasteiger partial charge in [0.05, 0.1) is 11.8 Å². The van der Waals surface area contributed by atoms with Crippen LogP contribution in [0.15, 0.2) is 36.7 Å². The Morgan fingerprint density at radius 2 is 2.17 bits per heavy atom. The summed E-state index contributed by atoms with van der Waals surface area (Å²) in [6.45, 7) is 0.142. The predicted molar refractivity (Wildman–Crippen MR) is 64.1 cm³/mol. The summed E-state index contributed by atoms with van der Waals surface area (Å²) in [6.07, 6.45) is 2.62. The molecule has 0 radical (unpaired) electrons. The average Bonchev–Trinajstić information content (AvgIpc) is 2.37. The minimum atomic E-state index is -0.422. The van der Waals surface area contributed by atoms with Crippen molar-refractivity contribution >= 4 is 5.69 Å². The number of nitrogen functional groups attached to an aromatic ring is 1. The number of halogens is 1. The van der Waals surface area contributed by atoms with Gasteiger partial charge in [-0.15, -0.1) is 0 Å². The summed E-state index contributed by atoms with van der Waals surface area (Å²) in [6, 6.07) is 8.10. The van der Waals surface area contributed by atoms with Gasteiger partial charge in [-0.25, -0.2) is 4.39 Å². The number of anilines is 1. The highest BCUT2D eigenvalue weighted by Gasteiger charge is 2.04. The molecule has 0 atom stereocenters. The fourth-order valence-corrected chi connectivity index (χ4v) is 1.46. The molecule has 0 unspecified atom stereocenters. The van der Waals surface area contributed by atoms with Crippen LogP contribution in [0, 0.1) is 17.1 Å². The minimum absolute atomic E-state index is 0.142. The Balaban J connectivity index is 2.14. The summed E-state index contributed by atoms with van der Waals surface area (Å²) in [5.74, 6) is -0.00938. The zero-order valence-corrected chi connectivity index (χ0v) is 9.43. The first-order valence-corrected chi connectivity index (χ1v) is 5.21. The first-order chi connectivity index (χ1) is 8.69. The Morgan fingerprint density at radius 3 is 2.89 bits per heavy atom. The van der Waals surface area contributed by atoms with Crippen LogP contribution < -0.4 is 10.5 Å². The van der Waals surface area contributed by atoms with E-state index in [1.54, 1.807) is 12.1 Å². The molecule has 0 saturated carbocycles. The maximum atomic E-state index is 12.9. The molecule has 0 amide bonds. The molecule has 0 aliphatic rings. The average molecular weight is 243 g/mol. The second-order valence-electron chi connectivity index (χ2n) is 3.67. The second-order valence-corrected chi connectivity index (χ2v) is 3.67. The highest BCUT2D eigenvalue weighted by Crippen LogP contribution is 2.21. The molecule has 0 spiro atoms. The van der Waals surface area contributed by atoms with Crippen LogP contribution in [-0.4, -0.2) is 4.98 Å². The Labute approximate surface area is 103 Å². The summed E-state index contributed by atoms with van der Waals surface area (Å²) in [7, 11) is 0. The molecule has 4 nitrogen and oxygen atoms in total. The van der Waals surface area contributed by atoms with Gasteiger partial charge in [-0.1, -0.05) is 0 Å². The van der Waals surface area contributed by atoms with Gasteiger partial charge in [-0.3, -0.25) is 4.98 Å². The lowest BCUT2D eigenvalue weighted by Crippen LogP contribution is -1.99. The van der Waals surface area contributed by atoms with Gasteiger partial charge in [-0.2, -0.15) is 5.26 Å². The van der Waals surface area contributed by atoms with E-state index in [0.29, 0.717) is 22.6 Å². The number of pyridine rings is 1. The molecule has 5 heteroatoms. The molecule has 0 fully saturated rings. The van der Waals surface area contributed by atoms with Gasteiger partial charge in [-0.05, 0) is 24.3 Å². The lowest BCUT2D eigenvalue weighted by Gasteiger charge is -2.08. The summed E-state index contributed by atoms with van der Waals surface area (Å²) in [4.78, 5) is 3.71. The monoisotopic (exact) mass is 243 g/mol. The Bertz CT molecular complexity index is 607. The van der Waals surface area contributed by atoms with Crippen molar-refractivity contribution in [1.29, 1.82) is 5.26 Å². The van der Waals surface area contributed by atoms with Crippen LogP contribution in [-0.2, 0) is 6.61 Å². The van der Waals surface area contributed by atoms with E-state index in [2.05, 4.69) is 4.98 Å². The third-order valence-electron chi connectivity index (χ3n) is 2.28. The van der Waals surface area contributed by atoms with Crippen molar-refractivity contribution in [3.63, 3.8) is 0 Å². The molecule has 2 rings (SSSR count). The van der Waals surface area contributed by atoms with E-state index < -0.39 is 5.82 Å². The van der Waals surface area contributed by atoms with E-state index in [-0.39, 0.29) is 6.61 Å². The number of benzene rings is 1. The fraction of sp³-hybridized carbons (Fsp3) is 0.0769. The van der Waals surface area contributed by atoms with Crippen molar-refractivity contribution < 1.29 is 9.13 Å². The fourth-order valence-electron chi connectivity index (χ4n) is 1.46. The molecule has 0 bridgehead atoms. The number of nitriles is 1. The highest BCUT2D eigenvalue weighted by atomic mass is 19.1. The standard InChI is InChI=1S/C13H10FN3O/c14-11-3-9(6-17-7-11)8-18-13-2-1-12(16)4-10(13)5-15/h1-4,6-7H,8,16H2. The molecule has 2 aromatic rings. The van der Waals surface area contributed by atoms with Crippen LogP contribution in [0.25, 0.3) is 0 Å². The van der Waals surface area contributed by atoms with E-state index in [1.807, 2.05) is 6.07 Å². The van der Waals surface area contributed by atoms with Crippen LogP contribution in [0.5, 0.6) is 5.75 Å². The molecule has 0 aliphatic carbocycles. The summed E-state index contributed by atoms with van der Waals surface area (Å²) >= 11 is 0. The number of hydrogen-bond acceptors (Lipinski definition) is 4. The lowest BCUT2D eigenvalue weighted by molar-refractivity contribution is 0.304. The number of aromatic nitrogens is 1. The van der Waals surface area contributed by atoms with E-state index in [9.17, 15) is 4.39 Å². The zero-order valence-electron chi connectivity index (χ0n) is 9.43. The second kappa shape index (κ2) is 5.15. The molecule has 18 heavy (non-hydrogen) atoms. The first-order valence-electron chi connectivity index (χ1n) is 5.21. The van der Waals surface area contributed by atoms with Crippen LogP contribution in [0.3, 0.4) is 0 Å². The summed E-state index contributed by atoms with van der Waals surface area (Å²) < 4.78 is 18.3. The van der Waals surface area contributed by atoms with Crippen molar-refractivity contribution in [2.45, 2.75) is 6.61 Å². The zero-order chi connectivity index (χ0) is 13.0. The first kappa shape index (κ1) is 11.9. The smallest absolute Gasteiger partial charge is 0.141 e. The third-order valence-corrected chi connectivity index (χ3v) is 2.28. The highest BCUT2D eigenvalue weighted by molar-refractivity contribution is 5.53. The molecule has 1 aromatic carbocycles. The van der Waals surface area contributed by atoms with E-state index in [0.717, 1.165) is 6.20 Å². The summed E-state index contributed by atoms with van der Waals surface area (Å²) in [5, 5.41) is 8.93. The maximum Gasteiger partial charge on any atom is 0.141 e. The Kier molecular flexibility index (Phi) is 3.39. The molecule has 0 saturated heterocycles. The largest absolute Gasteiger partial charge is 0.487 e. The van der Waals surface area contributed by atoms with Gasteiger partial charge < -0.3 is 10.5 Å². The molecule has 0 aliphatic heterocycles. The molecule has 1 heterocycles.